The van der Waals surface area contributed by atoms with Gasteiger partial charge in [-0.25, -0.2) is 0 Å². The number of nitrogens with zero attached hydrogens (tertiary/aromatic N) is 2. The van der Waals surface area contributed by atoms with Crippen LogP contribution in [0.15, 0.2) is 46.5 Å². The van der Waals surface area contributed by atoms with Gasteiger partial charge in [0.1, 0.15) is 11.1 Å². The summed E-state index contributed by atoms with van der Waals surface area (Å²) in [5.41, 5.74) is 2.81. The molecule has 0 amide bonds. The standard InChI is InChI=1S/C14H12N2O3S2/c1-10-3-5-11(6-4-10)13(9-15)12-7-8-20-14(12)16-19-21(2,17)18/h3-8H,1-2H3/b13-12+,16-14-. The van der Waals surface area contributed by atoms with Gasteiger partial charge in [-0.15, -0.1) is 0 Å². The molecule has 0 unspecified atom stereocenters. The van der Waals surface area contributed by atoms with E-state index in [1.165, 1.54) is 11.8 Å². The Hall–Kier alpha value is -2.04. The van der Waals surface area contributed by atoms with E-state index in [4.69, 9.17) is 0 Å². The number of hydrogen-bond donors (Lipinski definition) is 0. The van der Waals surface area contributed by atoms with E-state index in [0.717, 1.165) is 17.4 Å². The van der Waals surface area contributed by atoms with E-state index >= 15 is 0 Å². The molecule has 0 bridgehead atoms. The highest BCUT2D eigenvalue weighted by molar-refractivity contribution is 8.17. The van der Waals surface area contributed by atoms with Crippen LogP contribution < -0.4 is 0 Å². The number of rotatable bonds is 3. The smallest absolute Gasteiger partial charge is 0.268 e. The molecule has 2 rings (SSSR count). The van der Waals surface area contributed by atoms with Crippen molar-refractivity contribution in [3.63, 3.8) is 0 Å². The van der Waals surface area contributed by atoms with Gasteiger partial charge >= 0.3 is 10.1 Å². The van der Waals surface area contributed by atoms with Crippen molar-refractivity contribution in [3.05, 3.63) is 52.4 Å². The third kappa shape index (κ3) is 3.97. The summed E-state index contributed by atoms with van der Waals surface area (Å²) < 4.78 is 26.5. The Bertz CT molecular complexity index is 783. The lowest BCUT2D eigenvalue weighted by Gasteiger charge is -2.04. The number of benzene rings is 1. The molecule has 0 saturated heterocycles. The van der Waals surface area contributed by atoms with Crippen LogP contribution in [0.2, 0.25) is 0 Å². The van der Waals surface area contributed by atoms with Crippen molar-refractivity contribution in [2.45, 2.75) is 6.92 Å². The normalized spacial score (nSPS) is 18.6. The first-order valence-electron chi connectivity index (χ1n) is 5.92. The molecular weight excluding hydrogens is 308 g/mol. The maximum absolute atomic E-state index is 11.0. The van der Waals surface area contributed by atoms with Crippen LogP contribution in [0.5, 0.6) is 0 Å². The van der Waals surface area contributed by atoms with Gasteiger partial charge in [-0.05, 0) is 24.0 Å². The molecule has 0 N–H and O–H groups in total. The zero-order valence-corrected chi connectivity index (χ0v) is 13.0. The largest absolute Gasteiger partial charge is 0.325 e. The summed E-state index contributed by atoms with van der Waals surface area (Å²) in [6.45, 7) is 1.96. The van der Waals surface area contributed by atoms with Gasteiger partial charge in [0.25, 0.3) is 0 Å². The van der Waals surface area contributed by atoms with Crippen molar-refractivity contribution in [1.82, 2.24) is 0 Å². The quantitative estimate of drug-likeness (QED) is 0.632. The second-order valence-corrected chi connectivity index (χ2v) is 6.81. The molecule has 0 spiro atoms. The van der Waals surface area contributed by atoms with E-state index in [9.17, 15) is 13.7 Å². The van der Waals surface area contributed by atoms with Crippen molar-refractivity contribution in [2.24, 2.45) is 5.16 Å². The molecule has 108 valence electrons. The Kier molecular flexibility index (Phi) is 4.50. The van der Waals surface area contributed by atoms with Gasteiger partial charge in [0.2, 0.25) is 0 Å². The molecule has 0 saturated carbocycles. The Balaban J connectivity index is 2.45. The lowest BCUT2D eigenvalue weighted by molar-refractivity contribution is 0.345. The number of aryl methyl sites for hydroxylation is 1. The summed E-state index contributed by atoms with van der Waals surface area (Å²) in [6.07, 6.45) is 2.63. The predicted molar refractivity (Wildman–Crippen MR) is 83.8 cm³/mol. The van der Waals surface area contributed by atoms with Crippen molar-refractivity contribution in [2.75, 3.05) is 6.26 Å². The number of hydrogen-bond acceptors (Lipinski definition) is 6. The van der Waals surface area contributed by atoms with Gasteiger partial charge < -0.3 is 0 Å². The van der Waals surface area contributed by atoms with Crippen LogP contribution >= 0.6 is 11.8 Å². The minimum atomic E-state index is -3.67. The first-order chi connectivity index (χ1) is 9.90. The fourth-order valence-electron chi connectivity index (χ4n) is 1.66. The summed E-state index contributed by atoms with van der Waals surface area (Å²) in [5.74, 6) is 0. The van der Waals surface area contributed by atoms with Crippen LogP contribution in [0.3, 0.4) is 0 Å². The van der Waals surface area contributed by atoms with Gasteiger partial charge in [0.15, 0.2) is 0 Å². The Morgan fingerprint density at radius 3 is 2.57 bits per heavy atom. The van der Waals surface area contributed by atoms with Gasteiger partial charge in [0, 0.05) is 5.57 Å². The van der Waals surface area contributed by atoms with Gasteiger partial charge in [-0.1, -0.05) is 46.7 Å². The number of oxime groups is 1. The SMILES string of the molecule is Cc1ccc(/C(C#N)=C2\C=CS\C2=N/OS(C)(=O)=O)cc1. The molecular formula is C14H12N2O3S2. The molecule has 1 aliphatic heterocycles. The van der Waals surface area contributed by atoms with Crippen LogP contribution in [0.4, 0.5) is 0 Å². The zero-order valence-electron chi connectivity index (χ0n) is 11.4. The van der Waals surface area contributed by atoms with Crippen molar-refractivity contribution >= 4 is 32.5 Å². The monoisotopic (exact) mass is 320 g/mol. The van der Waals surface area contributed by atoms with E-state index in [1.807, 2.05) is 31.2 Å². The number of nitriles is 1. The van der Waals surface area contributed by atoms with Crippen LogP contribution in [0, 0.1) is 18.3 Å². The molecule has 5 nitrogen and oxygen atoms in total. The minimum Gasteiger partial charge on any atom is -0.268 e. The maximum atomic E-state index is 11.0. The second kappa shape index (κ2) is 6.16. The molecule has 0 radical (unpaired) electrons. The summed E-state index contributed by atoms with van der Waals surface area (Å²) in [4.78, 5) is 0. The summed E-state index contributed by atoms with van der Waals surface area (Å²) in [6, 6.07) is 9.63. The van der Waals surface area contributed by atoms with E-state index in [0.29, 0.717) is 16.2 Å². The van der Waals surface area contributed by atoms with E-state index in [-0.39, 0.29) is 0 Å². The fraction of sp³-hybridized carbons (Fsp3) is 0.143. The maximum Gasteiger partial charge on any atom is 0.325 e. The molecule has 1 heterocycles. The third-order valence-corrected chi connectivity index (χ3v) is 3.76. The minimum absolute atomic E-state index is 0.345. The van der Waals surface area contributed by atoms with E-state index < -0.39 is 10.1 Å². The van der Waals surface area contributed by atoms with Crippen molar-refractivity contribution < 1.29 is 12.7 Å². The Morgan fingerprint density at radius 1 is 1.33 bits per heavy atom. The van der Waals surface area contributed by atoms with E-state index in [1.54, 1.807) is 11.5 Å². The van der Waals surface area contributed by atoms with Crippen LogP contribution in [-0.2, 0) is 14.4 Å². The molecule has 7 heteroatoms. The predicted octanol–water partition coefficient (Wildman–Crippen LogP) is 2.82. The molecule has 0 atom stereocenters. The van der Waals surface area contributed by atoms with Crippen molar-refractivity contribution in [3.8, 4) is 6.07 Å². The lowest BCUT2D eigenvalue weighted by atomic mass is 10.0. The number of thioether (sulfide) groups is 1. The molecule has 21 heavy (non-hydrogen) atoms. The fourth-order valence-corrected chi connectivity index (χ4v) is 2.63. The summed E-state index contributed by atoms with van der Waals surface area (Å²) >= 11 is 1.20. The topological polar surface area (TPSA) is 79.5 Å². The average molecular weight is 320 g/mol. The Morgan fingerprint density at radius 2 is 2.00 bits per heavy atom. The van der Waals surface area contributed by atoms with Crippen LogP contribution in [0.1, 0.15) is 11.1 Å². The highest BCUT2D eigenvalue weighted by atomic mass is 32.2. The van der Waals surface area contributed by atoms with Crippen molar-refractivity contribution in [1.29, 1.82) is 5.26 Å². The molecule has 1 aromatic carbocycles. The zero-order chi connectivity index (χ0) is 15.5. The van der Waals surface area contributed by atoms with Gasteiger partial charge in [-0.2, -0.15) is 13.7 Å². The molecule has 0 fully saturated rings. The second-order valence-electron chi connectivity index (χ2n) is 4.36. The summed E-state index contributed by atoms with van der Waals surface area (Å²) in [7, 11) is -3.67. The molecule has 0 aromatic heterocycles. The third-order valence-electron chi connectivity index (χ3n) is 2.62. The lowest BCUT2D eigenvalue weighted by Crippen LogP contribution is -2.01. The highest BCUT2D eigenvalue weighted by Crippen LogP contribution is 2.31. The Labute approximate surface area is 127 Å². The molecule has 0 aliphatic carbocycles. The number of allylic oxidation sites excluding steroid dienone is 2. The highest BCUT2D eigenvalue weighted by Gasteiger charge is 2.19. The first-order valence-corrected chi connectivity index (χ1v) is 8.62. The van der Waals surface area contributed by atoms with Crippen LogP contribution in [0.25, 0.3) is 5.57 Å². The summed E-state index contributed by atoms with van der Waals surface area (Å²) in [5, 5.41) is 15.1. The van der Waals surface area contributed by atoms with E-state index in [2.05, 4.69) is 15.5 Å². The van der Waals surface area contributed by atoms with Crippen LogP contribution in [-0.4, -0.2) is 19.7 Å². The van der Waals surface area contributed by atoms with Gasteiger partial charge in [0.05, 0.1) is 11.8 Å². The molecule has 1 aromatic rings. The average Bonchev–Trinajstić information content (AvgIpc) is 2.87. The molecule has 1 aliphatic rings. The van der Waals surface area contributed by atoms with Gasteiger partial charge in [-0.3, -0.25) is 4.28 Å². The first kappa shape index (κ1) is 15.4.